The molecule has 0 radical (unpaired) electrons. The molecule has 2 rings (SSSR count). The van der Waals surface area contributed by atoms with E-state index in [0.29, 0.717) is 17.1 Å². The van der Waals surface area contributed by atoms with Crippen molar-refractivity contribution >= 4 is 29.3 Å². The Morgan fingerprint density at radius 2 is 1.61 bits per heavy atom. The van der Waals surface area contributed by atoms with Gasteiger partial charge in [-0.2, -0.15) is 0 Å². The second-order valence-electron chi connectivity index (χ2n) is 6.68. The maximum absolute atomic E-state index is 12.4. The minimum atomic E-state index is -0.435. The van der Waals surface area contributed by atoms with Gasteiger partial charge in [0, 0.05) is 38.1 Å². The van der Waals surface area contributed by atoms with Crippen LogP contribution in [0.2, 0.25) is 5.02 Å². The Hall–Kier alpha value is -2.86. The van der Waals surface area contributed by atoms with Crippen molar-refractivity contribution in [3.8, 4) is 0 Å². The van der Waals surface area contributed by atoms with Crippen LogP contribution in [0, 0.1) is 0 Å². The quantitative estimate of drug-likeness (QED) is 0.748. The first-order chi connectivity index (χ1) is 13.3. The molecule has 0 aliphatic rings. The Bertz CT molecular complexity index is 833. The Morgan fingerprint density at radius 1 is 1.00 bits per heavy atom. The molecule has 0 heterocycles. The molecule has 1 atom stereocenters. The average Bonchev–Trinajstić information content (AvgIpc) is 2.66. The molecule has 0 aromatic heterocycles. The summed E-state index contributed by atoms with van der Waals surface area (Å²) in [6, 6.07) is 13.7. The van der Waals surface area contributed by atoms with E-state index in [9.17, 15) is 14.4 Å². The molecule has 2 aromatic rings. The van der Waals surface area contributed by atoms with Crippen LogP contribution in [0.15, 0.2) is 48.5 Å². The summed E-state index contributed by atoms with van der Waals surface area (Å²) in [5.74, 6) is -0.479. The first-order valence-corrected chi connectivity index (χ1v) is 9.24. The van der Waals surface area contributed by atoms with Gasteiger partial charge in [0.1, 0.15) is 0 Å². The molecule has 6 nitrogen and oxygen atoms in total. The molecule has 1 unspecified atom stereocenters. The van der Waals surface area contributed by atoms with Crippen molar-refractivity contribution in [1.82, 2.24) is 15.5 Å². The van der Waals surface area contributed by atoms with E-state index in [1.54, 1.807) is 50.5 Å². The smallest absolute Gasteiger partial charge is 0.253 e. The fourth-order valence-corrected chi connectivity index (χ4v) is 2.80. The molecule has 0 spiro atoms. The van der Waals surface area contributed by atoms with Crippen LogP contribution in [0.1, 0.15) is 40.9 Å². The summed E-state index contributed by atoms with van der Waals surface area (Å²) >= 11 is 5.90. The Balaban J connectivity index is 1.96. The predicted molar refractivity (Wildman–Crippen MR) is 109 cm³/mol. The van der Waals surface area contributed by atoms with Crippen LogP contribution in [0.25, 0.3) is 0 Å². The summed E-state index contributed by atoms with van der Waals surface area (Å²) in [5.41, 5.74) is 2.28. The maximum atomic E-state index is 12.4. The van der Waals surface area contributed by atoms with E-state index in [1.165, 1.54) is 11.8 Å². The third-order valence-corrected chi connectivity index (χ3v) is 4.39. The molecule has 3 amide bonds. The molecule has 0 aliphatic heterocycles. The van der Waals surface area contributed by atoms with E-state index in [4.69, 9.17) is 11.6 Å². The lowest BCUT2D eigenvalue weighted by atomic mass is 10.0. The van der Waals surface area contributed by atoms with Gasteiger partial charge in [-0.3, -0.25) is 14.4 Å². The topological polar surface area (TPSA) is 78.5 Å². The summed E-state index contributed by atoms with van der Waals surface area (Å²) in [5, 5.41) is 6.22. The third-order valence-electron chi connectivity index (χ3n) is 4.14. The number of benzene rings is 2. The number of carbonyl (C=O) groups is 3. The Morgan fingerprint density at radius 3 is 2.14 bits per heavy atom. The van der Waals surface area contributed by atoms with Crippen molar-refractivity contribution in [2.75, 3.05) is 14.1 Å². The highest BCUT2D eigenvalue weighted by Gasteiger charge is 2.17. The molecule has 2 aromatic carbocycles. The van der Waals surface area contributed by atoms with Crippen molar-refractivity contribution < 1.29 is 14.4 Å². The largest absolute Gasteiger partial charge is 0.352 e. The fraction of sp³-hybridized carbons (Fsp3) is 0.286. The zero-order chi connectivity index (χ0) is 20.7. The van der Waals surface area contributed by atoms with E-state index < -0.39 is 6.04 Å². The third kappa shape index (κ3) is 6.39. The van der Waals surface area contributed by atoms with Crippen molar-refractivity contribution in [3.05, 3.63) is 70.2 Å². The standard InChI is InChI=1S/C21H24ClN3O3/c1-14(26)24-19(16-8-10-18(22)11-9-16)12-20(27)23-13-15-4-6-17(7-5-15)21(28)25(2)3/h4-11,19H,12-13H2,1-3H3,(H,23,27)(H,24,26). The highest BCUT2D eigenvalue weighted by molar-refractivity contribution is 6.30. The Kier molecular flexibility index (Phi) is 7.58. The molecule has 7 heteroatoms. The lowest BCUT2D eigenvalue weighted by Crippen LogP contribution is -2.32. The number of halogens is 1. The van der Waals surface area contributed by atoms with Crippen LogP contribution in [0.5, 0.6) is 0 Å². The van der Waals surface area contributed by atoms with E-state index in [1.807, 2.05) is 12.1 Å². The molecule has 0 aliphatic carbocycles. The van der Waals surface area contributed by atoms with Gasteiger partial charge in [0.2, 0.25) is 11.8 Å². The van der Waals surface area contributed by atoms with Gasteiger partial charge >= 0.3 is 0 Å². The van der Waals surface area contributed by atoms with Crippen molar-refractivity contribution in [2.24, 2.45) is 0 Å². The normalized spacial score (nSPS) is 11.4. The molecular weight excluding hydrogens is 378 g/mol. The number of hydrogen-bond acceptors (Lipinski definition) is 3. The summed E-state index contributed by atoms with van der Waals surface area (Å²) < 4.78 is 0. The minimum Gasteiger partial charge on any atom is -0.352 e. The lowest BCUT2D eigenvalue weighted by Gasteiger charge is -2.18. The summed E-state index contributed by atoms with van der Waals surface area (Å²) in [6.45, 7) is 1.75. The van der Waals surface area contributed by atoms with E-state index in [2.05, 4.69) is 10.6 Å². The first-order valence-electron chi connectivity index (χ1n) is 8.86. The molecule has 2 N–H and O–H groups in total. The number of carbonyl (C=O) groups excluding carboxylic acids is 3. The molecule has 148 valence electrons. The average molecular weight is 402 g/mol. The van der Waals surface area contributed by atoms with Crippen molar-refractivity contribution in [3.63, 3.8) is 0 Å². The van der Waals surface area contributed by atoms with Crippen LogP contribution in [0.3, 0.4) is 0 Å². The lowest BCUT2D eigenvalue weighted by molar-refractivity contribution is -0.122. The molecule has 0 fully saturated rings. The van der Waals surface area contributed by atoms with Crippen LogP contribution in [-0.4, -0.2) is 36.7 Å². The summed E-state index contributed by atoms with van der Waals surface area (Å²) in [4.78, 5) is 37.3. The van der Waals surface area contributed by atoms with E-state index in [-0.39, 0.29) is 24.1 Å². The number of amides is 3. The van der Waals surface area contributed by atoms with Crippen LogP contribution >= 0.6 is 11.6 Å². The molecular formula is C21H24ClN3O3. The second kappa shape index (κ2) is 9.90. The summed E-state index contributed by atoms with van der Waals surface area (Å²) in [7, 11) is 3.39. The van der Waals surface area contributed by atoms with Crippen LogP contribution in [-0.2, 0) is 16.1 Å². The van der Waals surface area contributed by atoms with Gasteiger partial charge in [0.15, 0.2) is 0 Å². The molecule has 0 saturated heterocycles. The summed E-state index contributed by atoms with van der Waals surface area (Å²) in [6.07, 6.45) is 0.110. The zero-order valence-electron chi connectivity index (χ0n) is 16.2. The monoisotopic (exact) mass is 401 g/mol. The molecule has 0 bridgehead atoms. The van der Waals surface area contributed by atoms with Gasteiger partial charge < -0.3 is 15.5 Å². The van der Waals surface area contributed by atoms with Crippen LogP contribution in [0.4, 0.5) is 0 Å². The SMILES string of the molecule is CC(=O)NC(CC(=O)NCc1ccc(C(=O)N(C)C)cc1)c1ccc(Cl)cc1. The minimum absolute atomic E-state index is 0.0725. The van der Waals surface area contributed by atoms with Crippen LogP contribution < -0.4 is 10.6 Å². The van der Waals surface area contributed by atoms with Gasteiger partial charge in [-0.15, -0.1) is 0 Å². The van der Waals surface area contributed by atoms with Crippen molar-refractivity contribution in [2.45, 2.75) is 25.9 Å². The second-order valence-corrected chi connectivity index (χ2v) is 7.12. The zero-order valence-corrected chi connectivity index (χ0v) is 16.9. The number of nitrogens with zero attached hydrogens (tertiary/aromatic N) is 1. The molecule has 0 saturated carbocycles. The van der Waals surface area contributed by atoms with Gasteiger partial charge in [-0.05, 0) is 35.4 Å². The Labute approximate surface area is 169 Å². The highest BCUT2D eigenvalue weighted by atomic mass is 35.5. The number of rotatable bonds is 7. The predicted octanol–water partition coefficient (Wildman–Crippen LogP) is 2.93. The highest BCUT2D eigenvalue weighted by Crippen LogP contribution is 2.19. The number of nitrogens with one attached hydrogen (secondary N) is 2. The van der Waals surface area contributed by atoms with Gasteiger partial charge in [-0.25, -0.2) is 0 Å². The van der Waals surface area contributed by atoms with Gasteiger partial charge in [-0.1, -0.05) is 35.9 Å². The number of hydrogen-bond donors (Lipinski definition) is 2. The fourth-order valence-electron chi connectivity index (χ4n) is 2.67. The van der Waals surface area contributed by atoms with Gasteiger partial charge in [0.25, 0.3) is 5.91 Å². The van der Waals surface area contributed by atoms with E-state index >= 15 is 0 Å². The first kappa shape index (κ1) is 21.4. The molecule has 28 heavy (non-hydrogen) atoms. The van der Waals surface area contributed by atoms with Gasteiger partial charge in [0.05, 0.1) is 12.5 Å². The van der Waals surface area contributed by atoms with E-state index in [0.717, 1.165) is 11.1 Å². The maximum Gasteiger partial charge on any atom is 0.253 e. The van der Waals surface area contributed by atoms with Crippen molar-refractivity contribution in [1.29, 1.82) is 0 Å².